The highest BCUT2D eigenvalue weighted by atomic mass is 32.1. The molecule has 11 heteroatoms. The van der Waals surface area contributed by atoms with Gasteiger partial charge in [0, 0.05) is 43.0 Å². The van der Waals surface area contributed by atoms with E-state index in [0.29, 0.717) is 10.8 Å². The molecule has 4 aromatic heterocycles. The van der Waals surface area contributed by atoms with Crippen LogP contribution in [0.5, 0.6) is 0 Å². The number of H-pyrrole nitrogens is 1. The predicted molar refractivity (Wildman–Crippen MR) is 184 cm³/mol. The topological polar surface area (TPSA) is 122 Å². The second kappa shape index (κ2) is 13.1. The molecule has 1 fully saturated rings. The fourth-order valence-corrected chi connectivity index (χ4v) is 7.99. The number of hydrogen-bond acceptors (Lipinski definition) is 8. The quantitative estimate of drug-likeness (QED) is 0.212. The van der Waals surface area contributed by atoms with Crippen LogP contribution in [0.15, 0.2) is 65.8 Å². The third-order valence-corrected chi connectivity index (χ3v) is 11.1. The number of benzene rings is 1. The lowest BCUT2D eigenvalue weighted by atomic mass is 9.71. The van der Waals surface area contributed by atoms with Gasteiger partial charge in [-0.05, 0) is 95.5 Å². The molecule has 2 N–H and O–H groups in total. The zero-order valence-electron chi connectivity index (χ0n) is 27.3. The van der Waals surface area contributed by atoms with E-state index in [-0.39, 0.29) is 29.0 Å². The number of piperidine rings is 1. The van der Waals surface area contributed by atoms with Crippen molar-refractivity contribution in [3.8, 4) is 11.1 Å². The van der Waals surface area contributed by atoms with Crippen LogP contribution in [0.4, 0.5) is 0 Å². The number of fused-ring (bicyclic) bond motifs is 2. The first-order chi connectivity index (χ1) is 22.7. The molecule has 2 aliphatic rings. The molecule has 10 nitrogen and oxygen atoms in total. The van der Waals surface area contributed by atoms with Crippen molar-refractivity contribution >= 4 is 27.5 Å². The molecule has 47 heavy (non-hydrogen) atoms. The fourth-order valence-electron chi connectivity index (χ4n) is 7.05. The molecular formula is C36H42N8O2S. The Morgan fingerprint density at radius 1 is 1.06 bits per heavy atom. The van der Waals surface area contributed by atoms with E-state index in [9.17, 15) is 9.59 Å². The van der Waals surface area contributed by atoms with Gasteiger partial charge in [-0.2, -0.15) is 4.80 Å². The third kappa shape index (κ3) is 7.06. The first-order valence-electron chi connectivity index (χ1n) is 16.7. The van der Waals surface area contributed by atoms with E-state index in [1.807, 2.05) is 12.1 Å². The van der Waals surface area contributed by atoms with Crippen LogP contribution in [0.2, 0.25) is 0 Å². The van der Waals surface area contributed by atoms with E-state index in [1.54, 1.807) is 11.0 Å². The van der Waals surface area contributed by atoms with E-state index in [1.165, 1.54) is 35.0 Å². The number of carbonyl (C=O) groups is 1. The molecule has 0 bridgehead atoms. The monoisotopic (exact) mass is 650 g/mol. The van der Waals surface area contributed by atoms with Crippen molar-refractivity contribution in [1.29, 1.82) is 0 Å². The van der Waals surface area contributed by atoms with E-state index >= 15 is 0 Å². The predicted octanol–water partition coefficient (Wildman–Crippen LogP) is 5.99. The van der Waals surface area contributed by atoms with Crippen molar-refractivity contribution < 1.29 is 4.79 Å². The van der Waals surface area contributed by atoms with Crippen molar-refractivity contribution in [2.24, 2.45) is 11.3 Å². The zero-order valence-corrected chi connectivity index (χ0v) is 28.1. The molecule has 0 spiro atoms. The highest BCUT2D eigenvalue weighted by molar-refractivity contribution is 7.20. The number of pyridine rings is 2. The summed E-state index contributed by atoms with van der Waals surface area (Å²) in [5, 5.41) is 16.6. The molecule has 1 aromatic carbocycles. The SMILES string of the molecule is CC(C)(C)[C@H]1CCc2nc3sc(C(=O)N[C@H](CCN4CCC(n5ncnn5)CC4)c4ccc(-c5ccc(=O)[nH]c5)cc4)cc3cc2C1. The fraction of sp³-hybridized carbons (Fsp3) is 0.444. The number of amides is 1. The van der Waals surface area contributed by atoms with Crippen LogP contribution >= 0.6 is 11.3 Å². The molecule has 0 saturated carbocycles. The Balaban J connectivity index is 1.08. The standard InChI is InChI=1S/C36H42N8O2S/c1-36(2,3)28-9-10-30-26(19-28)18-27-20-32(47-35(27)41-30)34(46)40-31(14-17-43-15-12-29(13-16-43)44-39-22-38-42-44)24-6-4-23(5-7-24)25-8-11-33(45)37-21-25/h4-8,11,18,20-22,28-29,31H,9-10,12-17,19H2,1-3H3,(H,37,45)(H,40,46)/t28-,31+/m0/s1. The van der Waals surface area contributed by atoms with Crippen molar-refractivity contribution in [1.82, 2.24) is 40.4 Å². The van der Waals surface area contributed by atoms with Crippen molar-refractivity contribution in [3.63, 3.8) is 0 Å². The number of carbonyl (C=O) groups excluding carboxylic acids is 1. The summed E-state index contributed by atoms with van der Waals surface area (Å²) in [6, 6.07) is 16.0. The highest BCUT2D eigenvalue weighted by Crippen LogP contribution is 2.38. The number of aromatic nitrogens is 6. The van der Waals surface area contributed by atoms with Crippen LogP contribution in [0, 0.1) is 11.3 Å². The van der Waals surface area contributed by atoms with Gasteiger partial charge in [-0.25, -0.2) is 4.98 Å². The molecular weight excluding hydrogens is 609 g/mol. The van der Waals surface area contributed by atoms with Crippen molar-refractivity contribution in [2.45, 2.75) is 71.4 Å². The second-order valence-electron chi connectivity index (χ2n) is 14.1. The van der Waals surface area contributed by atoms with Crippen LogP contribution in [-0.4, -0.2) is 60.6 Å². The van der Waals surface area contributed by atoms with Gasteiger partial charge >= 0.3 is 0 Å². The van der Waals surface area contributed by atoms with E-state index in [2.05, 4.69) is 81.7 Å². The second-order valence-corrected chi connectivity index (χ2v) is 15.1. The van der Waals surface area contributed by atoms with Crippen LogP contribution in [-0.2, 0) is 12.8 Å². The number of nitrogens with one attached hydrogen (secondary N) is 2. The Morgan fingerprint density at radius 2 is 1.85 bits per heavy atom. The largest absolute Gasteiger partial charge is 0.344 e. The van der Waals surface area contributed by atoms with Gasteiger partial charge in [0.25, 0.3) is 5.91 Å². The van der Waals surface area contributed by atoms with Gasteiger partial charge in [0.2, 0.25) is 5.56 Å². The van der Waals surface area contributed by atoms with Crippen LogP contribution in [0.1, 0.15) is 85.0 Å². The van der Waals surface area contributed by atoms with Gasteiger partial charge in [-0.3, -0.25) is 9.59 Å². The number of nitrogens with zero attached hydrogens (tertiary/aromatic N) is 6. The summed E-state index contributed by atoms with van der Waals surface area (Å²) in [6.45, 7) is 9.73. The molecule has 0 radical (unpaired) electrons. The first-order valence-corrected chi connectivity index (χ1v) is 17.5. The molecule has 1 aliphatic heterocycles. The Morgan fingerprint density at radius 3 is 2.55 bits per heavy atom. The maximum absolute atomic E-state index is 13.9. The summed E-state index contributed by atoms with van der Waals surface area (Å²) in [7, 11) is 0. The Hall–Kier alpha value is -4.22. The summed E-state index contributed by atoms with van der Waals surface area (Å²) in [4.78, 5) is 39.0. The normalized spacial score (nSPS) is 18.2. The molecule has 1 aliphatic carbocycles. The van der Waals surface area contributed by atoms with E-state index in [0.717, 1.165) is 85.1 Å². The Labute approximate surface area is 278 Å². The van der Waals surface area contributed by atoms with Gasteiger partial charge < -0.3 is 15.2 Å². The number of aryl methyl sites for hydroxylation is 1. The lowest BCUT2D eigenvalue weighted by Gasteiger charge is -2.34. The molecule has 2 atom stereocenters. The summed E-state index contributed by atoms with van der Waals surface area (Å²) < 4.78 is 0. The number of aromatic amines is 1. The minimum absolute atomic E-state index is 0.0655. The lowest BCUT2D eigenvalue weighted by Crippen LogP contribution is -2.38. The molecule has 244 valence electrons. The summed E-state index contributed by atoms with van der Waals surface area (Å²) in [5.41, 5.74) is 5.66. The minimum Gasteiger partial charge on any atom is -0.344 e. The summed E-state index contributed by atoms with van der Waals surface area (Å²) >= 11 is 1.49. The molecule has 1 amide bonds. The molecule has 5 aromatic rings. The Bertz CT molecular complexity index is 1880. The first kappa shape index (κ1) is 31.4. The van der Waals surface area contributed by atoms with Gasteiger partial charge in [0.15, 0.2) is 6.33 Å². The van der Waals surface area contributed by atoms with Crippen LogP contribution in [0.25, 0.3) is 21.3 Å². The third-order valence-electron chi connectivity index (χ3n) is 10.0. The number of hydrogen-bond donors (Lipinski definition) is 2. The van der Waals surface area contributed by atoms with Gasteiger partial charge in [-0.1, -0.05) is 45.0 Å². The van der Waals surface area contributed by atoms with Gasteiger partial charge in [-0.15, -0.1) is 21.5 Å². The molecule has 5 heterocycles. The number of tetrazole rings is 1. The van der Waals surface area contributed by atoms with E-state index in [4.69, 9.17) is 4.98 Å². The minimum atomic E-state index is -0.166. The van der Waals surface area contributed by atoms with Crippen LogP contribution < -0.4 is 10.9 Å². The maximum Gasteiger partial charge on any atom is 0.261 e. The smallest absolute Gasteiger partial charge is 0.261 e. The van der Waals surface area contributed by atoms with Gasteiger partial charge in [0.1, 0.15) is 4.83 Å². The molecule has 0 unspecified atom stereocenters. The Kier molecular flexibility index (Phi) is 8.76. The van der Waals surface area contributed by atoms with Gasteiger partial charge in [0.05, 0.1) is 17.0 Å². The number of rotatable bonds is 8. The zero-order chi connectivity index (χ0) is 32.5. The molecule has 7 rings (SSSR count). The number of likely N-dealkylation sites (tertiary alicyclic amines) is 1. The number of thiophene rings is 1. The van der Waals surface area contributed by atoms with E-state index < -0.39 is 0 Å². The average Bonchev–Trinajstić information content (AvgIpc) is 3.76. The van der Waals surface area contributed by atoms with Crippen LogP contribution in [0.3, 0.4) is 0 Å². The van der Waals surface area contributed by atoms with Crippen molar-refractivity contribution in [2.75, 3.05) is 19.6 Å². The summed E-state index contributed by atoms with van der Waals surface area (Å²) in [6.07, 6.45) is 9.14. The maximum atomic E-state index is 13.9. The lowest BCUT2D eigenvalue weighted by molar-refractivity contribution is 0.0932. The highest BCUT2D eigenvalue weighted by Gasteiger charge is 2.30. The van der Waals surface area contributed by atoms with Crippen molar-refractivity contribution in [3.05, 3.63) is 93.1 Å². The molecule has 1 saturated heterocycles. The average molecular weight is 651 g/mol. The summed E-state index contributed by atoms with van der Waals surface area (Å²) in [5.74, 6) is 0.571.